The monoisotopic (exact) mass is 288 g/mol. The first kappa shape index (κ1) is 11.1. The van der Waals surface area contributed by atoms with Crippen LogP contribution in [0, 0.1) is 0 Å². The Morgan fingerprint density at radius 2 is 2.13 bits per heavy atom. The number of pyridine rings is 1. The van der Waals surface area contributed by atoms with Crippen LogP contribution in [0.1, 0.15) is 12.8 Å². The average Bonchev–Trinajstić information content (AvgIpc) is 2.25. The Bertz CT molecular complexity index is 345. The highest BCUT2D eigenvalue weighted by molar-refractivity contribution is 9.10. The van der Waals surface area contributed by atoms with E-state index in [1.807, 2.05) is 12.1 Å². The van der Waals surface area contributed by atoms with Gasteiger partial charge in [-0.3, -0.25) is 4.21 Å². The molecule has 1 N–H and O–H groups in total. The highest BCUT2D eigenvalue weighted by atomic mass is 79.9. The van der Waals surface area contributed by atoms with Crippen molar-refractivity contribution in [2.75, 3.05) is 16.8 Å². The van der Waals surface area contributed by atoms with Crippen molar-refractivity contribution in [3.05, 3.63) is 22.8 Å². The fourth-order valence-corrected chi connectivity index (χ4v) is 3.14. The summed E-state index contributed by atoms with van der Waals surface area (Å²) in [5.41, 5.74) is 0. The SMILES string of the molecule is O=S1CCC(Nc2ccc(Br)cn2)CC1. The number of hydrogen-bond acceptors (Lipinski definition) is 3. The van der Waals surface area contributed by atoms with Gasteiger partial charge in [-0.15, -0.1) is 0 Å². The Hall–Kier alpha value is -0.420. The molecule has 82 valence electrons. The highest BCUT2D eigenvalue weighted by Gasteiger charge is 2.17. The topological polar surface area (TPSA) is 42.0 Å². The van der Waals surface area contributed by atoms with Crippen molar-refractivity contribution in [3.8, 4) is 0 Å². The van der Waals surface area contributed by atoms with Crippen LogP contribution in [0.4, 0.5) is 5.82 Å². The molecule has 0 unspecified atom stereocenters. The highest BCUT2D eigenvalue weighted by Crippen LogP contribution is 2.16. The summed E-state index contributed by atoms with van der Waals surface area (Å²) in [5, 5.41) is 3.36. The molecule has 0 spiro atoms. The maximum absolute atomic E-state index is 11.2. The molecular formula is C10H13BrN2OS. The summed E-state index contributed by atoms with van der Waals surface area (Å²) in [6, 6.07) is 4.35. The van der Waals surface area contributed by atoms with E-state index in [0.717, 1.165) is 34.6 Å². The number of nitrogens with one attached hydrogen (secondary N) is 1. The fraction of sp³-hybridized carbons (Fsp3) is 0.500. The maximum Gasteiger partial charge on any atom is 0.126 e. The third-order valence-corrected chi connectivity index (χ3v) is 4.32. The summed E-state index contributed by atoms with van der Waals surface area (Å²) in [5.74, 6) is 2.53. The van der Waals surface area contributed by atoms with Gasteiger partial charge < -0.3 is 5.32 Å². The van der Waals surface area contributed by atoms with Gasteiger partial charge in [-0.2, -0.15) is 0 Å². The number of hydrogen-bond donors (Lipinski definition) is 1. The van der Waals surface area contributed by atoms with E-state index in [9.17, 15) is 4.21 Å². The van der Waals surface area contributed by atoms with E-state index in [-0.39, 0.29) is 0 Å². The van der Waals surface area contributed by atoms with Crippen LogP contribution in [0.15, 0.2) is 22.8 Å². The molecule has 0 amide bonds. The van der Waals surface area contributed by atoms with Gasteiger partial charge in [-0.1, -0.05) is 0 Å². The molecule has 2 heterocycles. The largest absolute Gasteiger partial charge is 0.367 e. The molecule has 1 aromatic heterocycles. The molecule has 0 radical (unpaired) electrons. The smallest absolute Gasteiger partial charge is 0.126 e. The molecule has 1 saturated heterocycles. The van der Waals surface area contributed by atoms with E-state index >= 15 is 0 Å². The summed E-state index contributed by atoms with van der Waals surface area (Å²) in [7, 11) is -0.590. The van der Waals surface area contributed by atoms with Gasteiger partial charge in [0.25, 0.3) is 0 Å². The minimum atomic E-state index is -0.590. The first-order valence-corrected chi connectivity index (χ1v) is 7.25. The molecule has 1 aliphatic rings. The summed E-state index contributed by atoms with van der Waals surface area (Å²) in [4.78, 5) is 4.26. The van der Waals surface area contributed by atoms with E-state index in [2.05, 4.69) is 26.2 Å². The number of aromatic nitrogens is 1. The molecule has 1 aliphatic heterocycles. The standard InChI is InChI=1S/C10H13BrN2OS/c11-8-1-2-10(12-7-8)13-9-3-5-15(14)6-4-9/h1-2,7,9H,3-6H2,(H,12,13). The lowest BCUT2D eigenvalue weighted by atomic mass is 10.1. The molecule has 0 aliphatic carbocycles. The van der Waals surface area contributed by atoms with Crippen LogP contribution in [0.5, 0.6) is 0 Å². The molecule has 0 saturated carbocycles. The molecule has 0 atom stereocenters. The lowest BCUT2D eigenvalue weighted by molar-refractivity contribution is 0.622. The number of halogens is 1. The third-order valence-electron chi connectivity index (χ3n) is 2.47. The van der Waals surface area contributed by atoms with E-state index in [1.165, 1.54) is 0 Å². The molecule has 0 bridgehead atoms. The summed E-state index contributed by atoms with van der Waals surface area (Å²) in [6.45, 7) is 0. The molecule has 1 fully saturated rings. The zero-order chi connectivity index (χ0) is 10.7. The van der Waals surface area contributed by atoms with Gasteiger partial charge in [0.2, 0.25) is 0 Å². The van der Waals surface area contributed by atoms with Crippen LogP contribution < -0.4 is 5.32 Å². The Kier molecular flexibility index (Phi) is 3.75. The normalized spacial score (nSPS) is 26.2. The second-order valence-electron chi connectivity index (χ2n) is 3.63. The minimum absolute atomic E-state index is 0.427. The second kappa shape index (κ2) is 5.07. The van der Waals surface area contributed by atoms with Crippen molar-refractivity contribution < 1.29 is 4.21 Å². The summed E-state index contributed by atoms with van der Waals surface area (Å²) >= 11 is 3.35. The van der Waals surface area contributed by atoms with Crippen molar-refractivity contribution in [3.63, 3.8) is 0 Å². The van der Waals surface area contributed by atoms with Crippen molar-refractivity contribution >= 4 is 32.5 Å². The predicted molar refractivity (Wildman–Crippen MR) is 66.5 cm³/mol. The molecule has 3 nitrogen and oxygen atoms in total. The quantitative estimate of drug-likeness (QED) is 0.907. The van der Waals surface area contributed by atoms with Gasteiger partial charge >= 0.3 is 0 Å². The maximum atomic E-state index is 11.2. The Morgan fingerprint density at radius 1 is 1.40 bits per heavy atom. The van der Waals surface area contributed by atoms with Crippen molar-refractivity contribution in [2.24, 2.45) is 0 Å². The molecule has 0 aromatic carbocycles. The van der Waals surface area contributed by atoms with E-state index in [1.54, 1.807) is 6.20 Å². The zero-order valence-corrected chi connectivity index (χ0v) is 10.7. The summed E-state index contributed by atoms with van der Waals surface area (Å²) < 4.78 is 12.2. The Morgan fingerprint density at radius 3 is 2.73 bits per heavy atom. The fourth-order valence-electron chi connectivity index (χ4n) is 1.61. The molecule has 1 aromatic rings. The molecule has 5 heteroatoms. The average molecular weight is 289 g/mol. The van der Waals surface area contributed by atoms with E-state index < -0.39 is 10.8 Å². The molecule has 15 heavy (non-hydrogen) atoms. The Labute approximate surface area is 100 Å². The van der Waals surface area contributed by atoms with Crippen LogP contribution in [0.2, 0.25) is 0 Å². The minimum Gasteiger partial charge on any atom is -0.367 e. The lowest BCUT2D eigenvalue weighted by Crippen LogP contribution is -2.29. The first-order valence-electron chi connectivity index (χ1n) is 4.97. The van der Waals surface area contributed by atoms with E-state index in [4.69, 9.17) is 0 Å². The van der Waals surface area contributed by atoms with Crippen LogP contribution in [-0.4, -0.2) is 26.7 Å². The third kappa shape index (κ3) is 3.28. The first-order chi connectivity index (χ1) is 7.24. The predicted octanol–water partition coefficient (Wildman–Crippen LogP) is 2.17. The van der Waals surface area contributed by atoms with Crippen LogP contribution in [0.3, 0.4) is 0 Å². The van der Waals surface area contributed by atoms with Gasteiger partial charge in [0.15, 0.2) is 0 Å². The van der Waals surface area contributed by atoms with Crippen LogP contribution in [0.25, 0.3) is 0 Å². The van der Waals surface area contributed by atoms with Crippen LogP contribution >= 0.6 is 15.9 Å². The van der Waals surface area contributed by atoms with Crippen LogP contribution in [-0.2, 0) is 10.8 Å². The van der Waals surface area contributed by atoms with Gasteiger partial charge in [0.1, 0.15) is 5.82 Å². The van der Waals surface area contributed by atoms with Gasteiger partial charge in [0.05, 0.1) is 0 Å². The van der Waals surface area contributed by atoms with Crippen molar-refractivity contribution in [2.45, 2.75) is 18.9 Å². The van der Waals surface area contributed by atoms with Crippen molar-refractivity contribution in [1.29, 1.82) is 0 Å². The van der Waals surface area contributed by atoms with E-state index in [0.29, 0.717) is 6.04 Å². The molecule has 2 rings (SSSR count). The number of nitrogens with zero attached hydrogens (tertiary/aromatic N) is 1. The Balaban J connectivity index is 1.91. The number of rotatable bonds is 2. The second-order valence-corrected chi connectivity index (χ2v) is 6.24. The zero-order valence-electron chi connectivity index (χ0n) is 8.28. The summed E-state index contributed by atoms with van der Waals surface area (Å²) in [6.07, 6.45) is 3.73. The number of anilines is 1. The van der Waals surface area contributed by atoms with Gasteiger partial charge in [-0.25, -0.2) is 4.98 Å². The molecular weight excluding hydrogens is 276 g/mol. The lowest BCUT2D eigenvalue weighted by Gasteiger charge is -2.22. The van der Waals surface area contributed by atoms with Gasteiger partial charge in [0, 0.05) is 39.0 Å². The van der Waals surface area contributed by atoms with Gasteiger partial charge in [-0.05, 0) is 40.9 Å². The van der Waals surface area contributed by atoms with Crippen molar-refractivity contribution in [1.82, 2.24) is 4.98 Å².